The summed E-state index contributed by atoms with van der Waals surface area (Å²) in [5.41, 5.74) is 0.635. The summed E-state index contributed by atoms with van der Waals surface area (Å²) < 4.78 is 13.2. The zero-order chi connectivity index (χ0) is 16.6. The van der Waals surface area contributed by atoms with Gasteiger partial charge >= 0.3 is 0 Å². The summed E-state index contributed by atoms with van der Waals surface area (Å²) in [6, 6.07) is 0. The summed E-state index contributed by atoms with van der Waals surface area (Å²) in [7, 11) is 0. The number of fused-ring (bicyclic) bond motifs is 8. The quantitative estimate of drug-likeness (QED) is 0.749. The van der Waals surface area contributed by atoms with Gasteiger partial charge in [-0.05, 0) is 57.3 Å². The summed E-state index contributed by atoms with van der Waals surface area (Å²) in [5.74, 6) is 2.35. The molecular weight excluding hydrogens is 288 g/mol. The van der Waals surface area contributed by atoms with Crippen molar-refractivity contribution < 1.29 is 14.6 Å². The molecule has 0 aromatic rings. The Balaban J connectivity index is 1.77. The zero-order valence-corrected chi connectivity index (χ0v) is 15.0. The molecule has 1 aliphatic carbocycles. The lowest BCUT2D eigenvalue weighted by Crippen LogP contribution is -2.60. The molecule has 3 aliphatic heterocycles. The average molecular weight is 320 g/mol. The fraction of sp³-hybridized carbons (Fsp3) is 0.900. The molecule has 1 saturated carbocycles. The van der Waals surface area contributed by atoms with Gasteiger partial charge in [0.1, 0.15) is 0 Å². The van der Waals surface area contributed by atoms with Crippen molar-refractivity contribution >= 4 is 0 Å². The molecule has 4 bridgehead atoms. The molecule has 0 unspecified atom stereocenters. The average Bonchev–Trinajstić information content (AvgIpc) is 2.79. The van der Waals surface area contributed by atoms with E-state index in [0.29, 0.717) is 23.7 Å². The van der Waals surface area contributed by atoms with Gasteiger partial charge < -0.3 is 14.6 Å². The summed E-state index contributed by atoms with van der Waals surface area (Å²) >= 11 is 0. The second-order valence-corrected chi connectivity index (χ2v) is 9.29. The van der Waals surface area contributed by atoms with Gasteiger partial charge in [0.05, 0.1) is 29.5 Å². The lowest BCUT2D eigenvalue weighted by Gasteiger charge is -2.53. The van der Waals surface area contributed by atoms with Gasteiger partial charge in [-0.2, -0.15) is 0 Å². The standard InChI is InChI=1S/C20H32O3/c1-11(2)13-7-6-12(3)16-14-10-20(5)15(21)8-9-19(4,23-20)18(22-14)17(13)16/h11,13-18,21H,3,6-10H2,1-2,4-5H3/t13-,14-,15-,16-,17-,18-,19-,20-/m1/s1. The largest absolute Gasteiger partial charge is 0.390 e. The number of aliphatic hydroxyl groups excluding tert-OH is 1. The fourth-order valence-electron chi connectivity index (χ4n) is 6.20. The smallest absolute Gasteiger partial charge is 0.0945 e. The predicted octanol–water partition coefficient (Wildman–Crippen LogP) is 3.70. The van der Waals surface area contributed by atoms with Crippen LogP contribution >= 0.6 is 0 Å². The molecule has 3 heteroatoms. The highest BCUT2D eigenvalue weighted by molar-refractivity contribution is 5.20. The molecule has 0 amide bonds. The number of aliphatic hydroxyl groups is 1. The summed E-state index contributed by atoms with van der Waals surface area (Å²) in [4.78, 5) is 0. The lowest BCUT2D eigenvalue weighted by atomic mass is 9.59. The van der Waals surface area contributed by atoms with Gasteiger partial charge in [0.2, 0.25) is 0 Å². The summed E-state index contributed by atoms with van der Waals surface area (Å²) in [6.45, 7) is 13.4. The highest BCUT2D eigenvalue weighted by Gasteiger charge is 2.64. The Labute approximate surface area is 140 Å². The normalized spacial score (nSPS) is 55.7. The molecule has 4 aliphatic rings. The molecule has 3 nitrogen and oxygen atoms in total. The molecule has 4 fully saturated rings. The van der Waals surface area contributed by atoms with E-state index in [1.807, 2.05) is 0 Å². The third-order valence-electron chi connectivity index (χ3n) is 7.40. The number of rotatable bonds is 1. The molecule has 4 rings (SSSR count). The van der Waals surface area contributed by atoms with Crippen LogP contribution in [0.1, 0.15) is 59.8 Å². The van der Waals surface area contributed by atoms with Crippen LogP contribution in [-0.4, -0.2) is 34.6 Å². The van der Waals surface area contributed by atoms with Crippen molar-refractivity contribution in [1.82, 2.24) is 0 Å². The van der Waals surface area contributed by atoms with Gasteiger partial charge in [0.25, 0.3) is 0 Å². The molecule has 130 valence electrons. The van der Waals surface area contributed by atoms with Crippen molar-refractivity contribution in [2.45, 2.75) is 89.3 Å². The van der Waals surface area contributed by atoms with E-state index in [1.54, 1.807) is 0 Å². The van der Waals surface area contributed by atoms with E-state index in [-0.39, 0.29) is 23.9 Å². The van der Waals surface area contributed by atoms with Crippen LogP contribution in [0.5, 0.6) is 0 Å². The molecular formula is C20H32O3. The highest BCUT2D eigenvalue weighted by Crippen LogP contribution is 2.59. The SMILES string of the molecule is C=C1CC[C@H](C(C)C)[C@@H]2[C@H]1[C@H]1C[C@@]3(C)O[C@](C)(CC[C@H]3O)[C@@H]2O1. The minimum absolute atomic E-state index is 0.149. The third kappa shape index (κ3) is 2.19. The Bertz CT molecular complexity index is 515. The van der Waals surface area contributed by atoms with E-state index in [9.17, 15) is 5.11 Å². The fourth-order valence-corrected chi connectivity index (χ4v) is 6.20. The van der Waals surface area contributed by atoms with E-state index in [4.69, 9.17) is 9.47 Å². The van der Waals surface area contributed by atoms with Crippen molar-refractivity contribution in [2.24, 2.45) is 23.7 Å². The van der Waals surface area contributed by atoms with Crippen molar-refractivity contribution in [3.63, 3.8) is 0 Å². The van der Waals surface area contributed by atoms with Crippen molar-refractivity contribution in [3.05, 3.63) is 12.2 Å². The van der Waals surface area contributed by atoms with Gasteiger partial charge in [-0.25, -0.2) is 0 Å². The first-order valence-electron chi connectivity index (χ1n) is 9.46. The van der Waals surface area contributed by atoms with Gasteiger partial charge in [0.15, 0.2) is 0 Å². The molecule has 0 aromatic carbocycles. The molecule has 23 heavy (non-hydrogen) atoms. The summed E-state index contributed by atoms with van der Waals surface area (Å²) in [5, 5.41) is 10.5. The van der Waals surface area contributed by atoms with Crippen molar-refractivity contribution in [1.29, 1.82) is 0 Å². The maximum absolute atomic E-state index is 10.5. The van der Waals surface area contributed by atoms with Crippen molar-refractivity contribution in [2.75, 3.05) is 0 Å². The highest BCUT2D eigenvalue weighted by atomic mass is 16.6. The van der Waals surface area contributed by atoms with Gasteiger partial charge in [-0.15, -0.1) is 0 Å². The first kappa shape index (κ1) is 16.1. The second-order valence-electron chi connectivity index (χ2n) is 9.29. The Morgan fingerprint density at radius 3 is 2.65 bits per heavy atom. The monoisotopic (exact) mass is 320 g/mol. The lowest BCUT2D eigenvalue weighted by molar-refractivity contribution is -0.245. The maximum Gasteiger partial charge on any atom is 0.0945 e. The minimum atomic E-state index is -0.470. The molecule has 1 N–H and O–H groups in total. The Morgan fingerprint density at radius 2 is 1.96 bits per heavy atom. The maximum atomic E-state index is 10.5. The van der Waals surface area contributed by atoms with Crippen LogP contribution in [0.15, 0.2) is 12.2 Å². The molecule has 0 aromatic heterocycles. The third-order valence-corrected chi connectivity index (χ3v) is 7.40. The van der Waals surface area contributed by atoms with Crippen LogP contribution in [0.25, 0.3) is 0 Å². The van der Waals surface area contributed by atoms with E-state index in [2.05, 4.69) is 34.3 Å². The topological polar surface area (TPSA) is 38.7 Å². The van der Waals surface area contributed by atoms with Crippen LogP contribution in [0.4, 0.5) is 0 Å². The number of hydrogen-bond donors (Lipinski definition) is 1. The molecule has 0 radical (unpaired) electrons. The van der Waals surface area contributed by atoms with E-state index in [0.717, 1.165) is 25.7 Å². The van der Waals surface area contributed by atoms with Crippen molar-refractivity contribution in [3.8, 4) is 0 Å². The van der Waals surface area contributed by atoms with Crippen LogP contribution < -0.4 is 0 Å². The predicted molar refractivity (Wildman–Crippen MR) is 90.1 cm³/mol. The van der Waals surface area contributed by atoms with E-state index in [1.165, 1.54) is 12.0 Å². The van der Waals surface area contributed by atoms with Gasteiger partial charge in [-0.1, -0.05) is 26.0 Å². The Kier molecular flexibility index (Phi) is 3.54. The van der Waals surface area contributed by atoms with Crippen LogP contribution in [-0.2, 0) is 9.47 Å². The molecule has 0 spiro atoms. The van der Waals surface area contributed by atoms with Crippen LogP contribution in [0, 0.1) is 23.7 Å². The minimum Gasteiger partial charge on any atom is -0.390 e. The first-order valence-corrected chi connectivity index (χ1v) is 9.46. The van der Waals surface area contributed by atoms with Gasteiger partial charge in [0, 0.05) is 12.3 Å². The molecule has 8 atom stereocenters. The van der Waals surface area contributed by atoms with E-state index >= 15 is 0 Å². The first-order chi connectivity index (χ1) is 10.8. The van der Waals surface area contributed by atoms with Gasteiger partial charge in [-0.3, -0.25) is 0 Å². The molecule has 3 heterocycles. The number of hydrogen-bond acceptors (Lipinski definition) is 3. The summed E-state index contributed by atoms with van der Waals surface area (Å²) in [6.07, 6.45) is 4.81. The Morgan fingerprint density at radius 1 is 1.22 bits per heavy atom. The van der Waals surface area contributed by atoms with Crippen LogP contribution in [0.2, 0.25) is 0 Å². The Hall–Kier alpha value is -0.380. The van der Waals surface area contributed by atoms with E-state index < -0.39 is 5.60 Å². The molecule has 3 saturated heterocycles. The van der Waals surface area contributed by atoms with Crippen LogP contribution in [0.3, 0.4) is 0 Å². The zero-order valence-electron chi connectivity index (χ0n) is 15.0. The second kappa shape index (κ2) is 5.06. The number of ether oxygens (including phenoxy) is 2.